The molecule has 17 heavy (non-hydrogen) atoms. The molecule has 3 atom stereocenters. The molecular formula is C15H24O2. The van der Waals surface area contributed by atoms with Crippen molar-refractivity contribution < 1.29 is 9.90 Å². The molecule has 1 N–H and O–H groups in total. The van der Waals surface area contributed by atoms with Crippen LogP contribution >= 0.6 is 0 Å². The summed E-state index contributed by atoms with van der Waals surface area (Å²) in [6, 6.07) is 0. The Hall–Kier alpha value is -0.630. The second-order valence-corrected chi connectivity index (χ2v) is 6.65. The van der Waals surface area contributed by atoms with Gasteiger partial charge in [-0.05, 0) is 63.4 Å². The molecule has 1 spiro atoms. The Kier molecular flexibility index (Phi) is 2.97. The van der Waals surface area contributed by atoms with Crippen LogP contribution in [0.3, 0.4) is 0 Å². The number of aliphatic hydroxyl groups is 1. The fraction of sp³-hybridized carbons (Fsp3) is 0.800. The first kappa shape index (κ1) is 12.8. The van der Waals surface area contributed by atoms with Gasteiger partial charge in [0, 0.05) is 6.42 Å². The Bertz CT molecular complexity index is 362. The average Bonchev–Trinajstić information content (AvgIpc) is 2.59. The fourth-order valence-electron chi connectivity index (χ4n) is 3.81. The van der Waals surface area contributed by atoms with E-state index in [4.69, 9.17) is 0 Å². The fourth-order valence-corrected chi connectivity index (χ4v) is 3.81. The van der Waals surface area contributed by atoms with Crippen LogP contribution in [0.5, 0.6) is 0 Å². The van der Waals surface area contributed by atoms with Gasteiger partial charge in [0.25, 0.3) is 0 Å². The summed E-state index contributed by atoms with van der Waals surface area (Å²) in [6.45, 7) is 8.12. The Labute approximate surface area is 104 Å². The highest BCUT2D eigenvalue weighted by Gasteiger charge is 2.49. The van der Waals surface area contributed by atoms with Gasteiger partial charge in [-0.3, -0.25) is 4.79 Å². The van der Waals surface area contributed by atoms with Crippen molar-refractivity contribution in [3.8, 4) is 0 Å². The molecule has 0 aromatic carbocycles. The van der Waals surface area contributed by atoms with Crippen molar-refractivity contribution in [3.63, 3.8) is 0 Å². The molecule has 1 saturated carbocycles. The van der Waals surface area contributed by atoms with E-state index >= 15 is 0 Å². The molecule has 2 nitrogen and oxygen atoms in total. The molecule has 0 aromatic rings. The average molecular weight is 236 g/mol. The highest BCUT2D eigenvalue weighted by Crippen LogP contribution is 2.56. The van der Waals surface area contributed by atoms with E-state index in [2.05, 4.69) is 13.8 Å². The maximum Gasteiger partial charge on any atom is 0.155 e. The summed E-state index contributed by atoms with van der Waals surface area (Å²) in [5.74, 6) is 1.06. The number of hydrogen-bond acceptors (Lipinski definition) is 2. The van der Waals surface area contributed by atoms with Crippen LogP contribution in [0, 0.1) is 17.3 Å². The predicted octanol–water partition coefficient (Wildman–Crippen LogP) is 3.10. The topological polar surface area (TPSA) is 37.3 Å². The van der Waals surface area contributed by atoms with Gasteiger partial charge in [-0.25, -0.2) is 0 Å². The zero-order valence-corrected chi connectivity index (χ0v) is 11.4. The molecule has 0 bridgehead atoms. The van der Waals surface area contributed by atoms with E-state index in [9.17, 15) is 9.90 Å². The second kappa shape index (κ2) is 3.94. The van der Waals surface area contributed by atoms with E-state index < -0.39 is 5.60 Å². The van der Waals surface area contributed by atoms with Gasteiger partial charge in [-0.15, -0.1) is 0 Å². The minimum absolute atomic E-state index is 0.179. The molecule has 2 aliphatic carbocycles. The van der Waals surface area contributed by atoms with E-state index in [-0.39, 0.29) is 11.2 Å². The van der Waals surface area contributed by atoms with Gasteiger partial charge in [0.1, 0.15) is 0 Å². The summed E-state index contributed by atoms with van der Waals surface area (Å²) in [5, 5.41) is 10.2. The Balaban J connectivity index is 2.27. The lowest BCUT2D eigenvalue weighted by atomic mass is 9.64. The van der Waals surface area contributed by atoms with Crippen LogP contribution in [-0.4, -0.2) is 16.5 Å². The van der Waals surface area contributed by atoms with Gasteiger partial charge >= 0.3 is 0 Å². The van der Waals surface area contributed by atoms with Gasteiger partial charge in [-0.2, -0.15) is 0 Å². The number of allylic oxidation sites excluding steroid dienone is 2. The first-order valence-electron chi connectivity index (χ1n) is 6.70. The quantitative estimate of drug-likeness (QED) is 0.759. The highest BCUT2D eigenvalue weighted by molar-refractivity contribution is 5.91. The van der Waals surface area contributed by atoms with E-state index in [0.29, 0.717) is 18.3 Å². The molecular weight excluding hydrogens is 212 g/mol. The maximum atomic E-state index is 11.6. The number of carbonyl (C=O) groups excluding carboxylic acids is 1. The molecule has 2 aliphatic rings. The monoisotopic (exact) mass is 236 g/mol. The molecule has 0 radical (unpaired) electrons. The molecule has 0 amide bonds. The van der Waals surface area contributed by atoms with Crippen LogP contribution in [0.25, 0.3) is 0 Å². The van der Waals surface area contributed by atoms with Crippen molar-refractivity contribution in [2.45, 2.75) is 59.0 Å². The zero-order valence-electron chi connectivity index (χ0n) is 11.4. The smallest absolute Gasteiger partial charge is 0.155 e. The van der Waals surface area contributed by atoms with Crippen LogP contribution in [0.4, 0.5) is 0 Å². The third-order valence-electron chi connectivity index (χ3n) is 5.16. The number of hydrogen-bond donors (Lipinski definition) is 1. The molecule has 2 rings (SSSR count). The van der Waals surface area contributed by atoms with Crippen LogP contribution in [-0.2, 0) is 4.79 Å². The summed E-state index contributed by atoms with van der Waals surface area (Å²) in [4.78, 5) is 11.6. The largest absolute Gasteiger partial charge is 0.390 e. The normalized spacial score (nSPS) is 38.6. The molecule has 0 saturated heterocycles. The Morgan fingerprint density at radius 2 is 2.12 bits per heavy atom. The standard InChI is InChI=1S/C15H24O2/c1-10-7-13(16)8-11(2)15(10)6-5-12(9-15)14(3,4)17/h7,11-12,17H,5-6,8-9H2,1-4H3/t11-,12-,15+/m1/s1. The Morgan fingerprint density at radius 3 is 2.59 bits per heavy atom. The summed E-state index contributed by atoms with van der Waals surface area (Å²) in [6.07, 6.45) is 5.75. The first-order chi connectivity index (χ1) is 7.75. The predicted molar refractivity (Wildman–Crippen MR) is 68.6 cm³/mol. The van der Waals surface area contributed by atoms with Crippen molar-refractivity contribution in [1.29, 1.82) is 0 Å². The van der Waals surface area contributed by atoms with Crippen LogP contribution < -0.4 is 0 Å². The number of ketones is 1. The third-order valence-corrected chi connectivity index (χ3v) is 5.16. The van der Waals surface area contributed by atoms with Crippen molar-refractivity contribution in [2.24, 2.45) is 17.3 Å². The van der Waals surface area contributed by atoms with E-state index in [1.807, 2.05) is 19.9 Å². The lowest BCUT2D eigenvalue weighted by Gasteiger charge is -2.40. The minimum Gasteiger partial charge on any atom is -0.390 e. The molecule has 2 heteroatoms. The summed E-state index contributed by atoms with van der Waals surface area (Å²) < 4.78 is 0. The molecule has 0 aliphatic heterocycles. The van der Waals surface area contributed by atoms with E-state index in [1.54, 1.807) is 0 Å². The van der Waals surface area contributed by atoms with E-state index in [0.717, 1.165) is 19.3 Å². The maximum absolute atomic E-state index is 11.6. The highest BCUT2D eigenvalue weighted by atomic mass is 16.3. The van der Waals surface area contributed by atoms with Crippen LogP contribution in [0.2, 0.25) is 0 Å². The van der Waals surface area contributed by atoms with E-state index in [1.165, 1.54) is 5.57 Å². The SMILES string of the molecule is CC1=CC(=O)C[C@@H](C)[C@]12CC[C@@H](C(C)(C)O)C2. The second-order valence-electron chi connectivity index (χ2n) is 6.65. The lowest BCUT2D eigenvalue weighted by Crippen LogP contribution is -2.35. The zero-order chi connectivity index (χ0) is 12.8. The first-order valence-corrected chi connectivity index (χ1v) is 6.70. The van der Waals surface area contributed by atoms with Crippen molar-refractivity contribution in [3.05, 3.63) is 11.6 Å². The Morgan fingerprint density at radius 1 is 1.47 bits per heavy atom. The lowest BCUT2D eigenvalue weighted by molar-refractivity contribution is -0.117. The minimum atomic E-state index is -0.592. The van der Waals surface area contributed by atoms with Gasteiger partial charge in [0.05, 0.1) is 5.60 Å². The molecule has 0 aromatic heterocycles. The van der Waals surface area contributed by atoms with Gasteiger partial charge in [-0.1, -0.05) is 12.5 Å². The number of carbonyl (C=O) groups is 1. The summed E-state index contributed by atoms with van der Waals surface area (Å²) >= 11 is 0. The third kappa shape index (κ3) is 2.08. The number of rotatable bonds is 1. The van der Waals surface area contributed by atoms with Crippen molar-refractivity contribution >= 4 is 5.78 Å². The molecule has 0 heterocycles. The van der Waals surface area contributed by atoms with Crippen molar-refractivity contribution in [2.75, 3.05) is 0 Å². The van der Waals surface area contributed by atoms with Crippen molar-refractivity contribution in [1.82, 2.24) is 0 Å². The van der Waals surface area contributed by atoms with Gasteiger partial charge in [0.2, 0.25) is 0 Å². The van der Waals surface area contributed by atoms with Gasteiger partial charge in [0.15, 0.2) is 5.78 Å². The molecule has 1 fully saturated rings. The van der Waals surface area contributed by atoms with Gasteiger partial charge < -0.3 is 5.11 Å². The molecule has 96 valence electrons. The molecule has 0 unspecified atom stereocenters. The summed E-state index contributed by atoms with van der Waals surface area (Å²) in [7, 11) is 0. The van der Waals surface area contributed by atoms with Crippen LogP contribution in [0.15, 0.2) is 11.6 Å². The summed E-state index contributed by atoms with van der Waals surface area (Å²) in [5.41, 5.74) is 0.830. The van der Waals surface area contributed by atoms with Crippen LogP contribution in [0.1, 0.15) is 53.4 Å².